The van der Waals surface area contributed by atoms with Gasteiger partial charge in [0.05, 0.1) is 10.5 Å². The third kappa shape index (κ3) is 4.17. The lowest BCUT2D eigenvalue weighted by molar-refractivity contribution is -0.385. The van der Waals surface area contributed by atoms with Crippen molar-refractivity contribution >= 4 is 29.3 Å². The average molecular weight is 332 g/mol. The molecule has 2 rings (SSSR count). The molecular weight excluding hydrogens is 318 g/mol. The van der Waals surface area contributed by atoms with E-state index in [4.69, 9.17) is 16.3 Å². The lowest BCUT2D eigenvalue weighted by Crippen LogP contribution is -2.04. The first-order valence-electron chi connectivity index (χ1n) is 6.78. The van der Waals surface area contributed by atoms with Gasteiger partial charge in [-0.3, -0.25) is 10.1 Å². The second-order valence-corrected chi connectivity index (χ2v) is 5.32. The summed E-state index contributed by atoms with van der Waals surface area (Å²) in [6.45, 7) is 3.63. The molecule has 0 radical (unpaired) electrons. The van der Waals surface area contributed by atoms with Gasteiger partial charge in [-0.05, 0) is 49.2 Å². The molecule has 2 aromatic carbocycles. The predicted molar refractivity (Wildman–Crippen MR) is 88.7 cm³/mol. The molecule has 23 heavy (non-hydrogen) atoms. The number of benzene rings is 2. The van der Waals surface area contributed by atoms with Gasteiger partial charge in [-0.25, -0.2) is 4.79 Å². The summed E-state index contributed by atoms with van der Waals surface area (Å²) in [7, 11) is 0. The Labute approximate surface area is 138 Å². The van der Waals surface area contributed by atoms with E-state index in [0.29, 0.717) is 16.3 Å². The predicted octanol–water partition coefficient (Wildman–Crippen LogP) is 4.48. The molecular formula is C17H14ClNO4. The number of nitro benzene ring substituents is 1. The number of para-hydroxylation sites is 1. The van der Waals surface area contributed by atoms with Crippen LogP contribution < -0.4 is 4.74 Å². The molecule has 0 atom stereocenters. The van der Waals surface area contributed by atoms with E-state index >= 15 is 0 Å². The van der Waals surface area contributed by atoms with E-state index in [1.807, 2.05) is 13.8 Å². The van der Waals surface area contributed by atoms with Crippen LogP contribution in [0.1, 0.15) is 16.7 Å². The number of carbonyl (C=O) groups excluding carboxylic acids is 1. The maximum absolute atomic E-state index is 11.9. The Morgan fingerprint density at radius 2 is 1.83 bits per heavy atom. The zero-order chi connectivity index (χ0) is 17.0. The molecule has 0 spiro atoms. The van der Waals surface area contributed by atoms with Crippen molar-refractivity contribution < 1.29 is 14.5 Å². The Hall–Kier alpha value is -2.66. The average Bonchev–Trinajstić information content (AvgIpc) is 2.50. The van der Waals surface area contributed by atoms with E-state index < -0.39 is 10.9 Å². The zero-order valence-corrected chi connectivity index (χ0v) is 13.3. The molecule has 0 heterocycles. The molecule has 0 aliphatic carbocycles. The van der Waals surface area contributed by atoms with E-state index in [9.17, 15) is 14.9 Å². The zero-order valence-electron chi connectivity index (χ0n) is 12.6. The van der Waals surface area contributed by atoms with E-state index in [1.54, 1.807) is 30.3 Å². The van der Waals surface area contributed by atoms with Crippen LogP contribution in [0, 0.1) is 24.0 Å². The molecule has 0 unspecified atom stereocenters. The molecule has 0 aliphatic heterocycles. The number of ether oxygens (including phenoxy) is 1. The van der Waals surface area contributed by atoms with Crippen molar-refractivity contribution in [3.63, 3.8) is 0 Å². The molecule has 2 aromatic rings. The molecule has 0 aromatic heterocycles. The Morgan fingerprint density at radius 3 is 2.43 bits per heavy atom. The highest BCUT2D eigenvalue weighted by molar-refractivity contribution is 6.32. The van der Waals surface area contributed by atoms with Crippen LogP contribution in [0.4, 0.5) is 5.69 Å². The number of nitrogens with zero attached hydrogens (tertiary/aromatic N) is 1. The normalized spacial score (nSPS) is 10.7. The van der Waals surface area contributed by atoms with Crippen LogP contribution in [0.25, 0.3) is 6.08 Å². The highest BCUT2D eigenvalue weighted by Crippen LogP contribution is 2.26. The summed E-state index contributed by atoms with van der Waals surface area (Å²) in [5, 5.41) is 11.5. The first-order chi connectivity index (χ1) is 10.9. The topological polar surface area (TPSA) is 69.4 Å². The second kappa shape index (κ2) is 7.07. The SMILES string of the molecule is Cc1cc(OC(=O)/C=C/c2ccccc2[N+](=O)[O-])cc(C)c1Cl. The number of halogens is 1. The third-order valence-electron chi connectivity index (χ3n) is 3.16. The summed E-state index contributed by atoms with van der Waals surface area (Å²) >= 11 is 6.06. The molecule has 0 aliphatic rings. The van der Waals surface area contributed by atoms with Gasteiger partial charge in [-0.15, -0.1) is 0 Å². The Kier molecular flexibility index (Phi) is 5.13. The monoisotopic (exact) mass is 331 g/mol. The molecule has 0 N–H and O–H groups in total. The first-order valence-corrected chi connectivity index (χ1v) is 7.16. The fourth-order valence-electron chi connectivity index (χ4n) is 2.07. The van der Waals surface area contributed by atoms with Crippen molar-refractivity contribution in [1.29, 1.82) is 0 Å². The first kappa shape index (κ1) is 16.7. The van der Waals surface area contributed by atoms with Crippen LogP contribution in [0.5, 0.6) is 5.75 Å². The maximum Gasteiger partial charge on any atom is 0.336 e. The largest absolute Gasteiger partial charge is 0.423 e. The van der Waals surface area contributed by atoms with Gasteiger partial charge >= 0.3 is 5.97 Å². The number of nitro groups is 1. The van der Waals surface area contributed by atoms with Crippen molar-refractivity contribution in [1.82, 2.24) is 0 Å². The highest BCUT2D eigenvalue weighted by Gasteiger charge is 2.11. The summed E-state index contributed by atoms with van der Waals surface area (Å²) in [6.07, 6.45) is 2.51. The minimum atomic E-state index is -0.621. The number of hydrogen-bond acceptors (Lipinski definition) is 4. The van der Waals surface area contributed by atoms with Gasteiger partial charge in [-0.2, -0.15) is 0 Å². The van der Waals surface area contributed by atoms with Crippen LogP contribution >= 0.6 is 11.6 Å². The number of hydrogen-bond donors (Lipinski definition) is 0. The van der Waals surface area contributed by atoms with Gasteiger partial charge in [0.1, 0.15) is 5.75 Å². The summed E-state index contributed by atoms with van der Waals surface area (Å²) in [6, 6.07) is 9.46. The van der Waals surface area contributed by atoms with Gasteiger partial charge in [0.15, 0.2) is 0 Å². The maximum atomic E-state index is 11.9. The molecule has 0 bridgehead atoms. The van der Waals surface area contributed by atoms with Crippen molar-refractivity contribution in [2.45, 2.75) is 13.8 Å². The summed E-state index contributed by atoms with van der Waals surface area (Å²) in [5.74, 6) is -0.245. The van der Waals surface area contributed by atoms with E-state index in [-0.39, 0.29) is 5.69 Å². The van der Waals surface area contributed by atoms with Gasteiger partial charge in [0, 0.05) is 17.2 Å². The summed E-state index contributed by atoms with van der Waals surface area (Å²) in [5.41, 5.74) is 1.86. The third-order valence-corrected chi connectivity index (χ3v) is 3.76. The van der Waals surface area contributed by atoms with Crippen molar-refractivity contribution in [3.05, 3.63) is 74.3 Å². The molecule has 0 amide bonds. The van der Waals surface area contributed by atoms with E-state index in [1.165, 1.54) is 12.1 Å². The van der Waals surface area contributed by atoms with Crippen molar-refractivity contribution in [3.8, 4) is 5.75 Å². The molecule has 0 saturated heterocycles. The molecule has 0 saturated carbocycles. The molecule has 5 nitrogen and oxygen atoms in total. The lowest BCUT2D eigenvalue weighted by Gasteiger charge is -2.07. The molecule has 0 fully saturated rings. The Balaban J connectivity index is 2.16. The van der Waals surface area contributed by atoms with Gasteiger partial charge in [0.2, 0.25) is 0 Å². The minimum absolute atomic E-state index is 0.0743. The summed E-state index contributed by atoms with van der Waals surface area (Å²) in [4.78, 5) is 22.3. The van der Waals surface area contributed by atoms with Crippen molar-refractivity contribution in [2.24, 2.45) is 0 Å². The number of rotatable bonds is 4. The van der Waals surface area contributed by atoms with Crippen LogP contribution in [-0.4, -0.2) is 10.9 Å². The summed E-state index contributed by atoms with van der Waals surface area (Å²) < 4.78 is 5.20. The molecule has 118 valence electrons. The second-order valence-electron chi connectivity index (χ2n) is 4.94. The number of aryl methyl sites for hydroxylation is 2. The number of esters is 1. The fraction of sp³-hybridized carbons (Fsp3) is 0.118. The fourth-order valence-corrected chi connectivity index (χ4v) is 2.18. The van der Waals surface area contributed by atoms with E-state index in [0.717, 1.165) is 17.2 Å². The standard InChI is InChI=1S/C17H14ClNO4/c1-11-9-14(10-12(2)17(11)18)23-16(20)8-7-13-5-3-4-6-15(13)19(21)22/h3-10H,1-2H3/b8-7+. The van der Waals surface area contributed by atoms with Crippen LogP contribution in [0.15, 0.2) is 42.5 Å². The van der Waals surface area contributed by atoms with Crippen LogP contribution in [-0.2, 0) is 4.79 Å². The number of carbonyl (C=O) groups is 1. The minimum Gasteiger partial charge on any atom is -0.423 e. The highest BCUT2D eigenvalue weighted by atomic mass is 35.5. The van der Waals surface area contributed by atoms with Gasteiger partial charge < -0.3 is 4.74 Å². The van der Waals surface area contributed by atoms with E-state index in [2.05, 4.69) is 0 Å². The van der Waals surface area contributed by atoms with Crippen LogP contribution in [0.3, 0.4) is 0 Å². The lowest BCUT2D eigenvalue weighted by atomic mass is 10.1. The smallest absolute Gasteiger partial charge is 0.336 e. The van der Waals surface area contributed by atoms with Gasteiger partial charge in [0.25, 0.3) is 5.69 Å². The van der Waals surface area contributed by atoms with Gasteiger partial charge in [-0.1, -0.05) is 23.7 Å². The van der Waals surface area contributed by atoms with Crippen LogP contribution in [0.2, 0.25) is 5.02 Å². The Bertz CT molecular complexity index is 776. The Morgan fingerprint density at radius 1 is 1.22 bits per heavy atom. The van der Waals surface area contributed by atoms with Crippen molar-refractivity contribution in [2.75, 3.05) is 0 Å². The molecule has 6 heteroatoms. The quantitative estimate of drug-likeness (QED) is 0.272.